The van der Waals surface area contributed by atoms with Crippen LogP contribution < -0.4 is 16.0 Å². The van der Waals surface area contributed by atoms with Gasteiger partial charge in [0.2, 0.25) is 0 Å². The lowest BCUT2D eigenvalue weighted by Crippen LogP contribution is -2.41. The topological polar surface area (TPSA) is 114 Å². The van der Waals surface area contributed by atoms with E-state index in [-0.39, 0.29) is 18.9 Å². The molecule has 3 N–H and O–H groups in total. The molecule has 148 valence electrons. The highest BCUT2D eigenvalue weighted by Crippen LogP contribution is 2.05. The highest BCUT2D eigenvalue weighted by Gasteiger charge is 2.11. The minimum atomic E-state index is -0.718. The van der Waals surface area contributed by atoms with E-state index in [9.17, 15) is 19.2 Å². The Morgan fingerprint density at radius 2 is 1.79 bits per heavy atom. The van der Waals surface area contributed by atoms with E-state index in [1.807, 2.05) is 30.3 Å². The minimum Gasteiger partial charge on any atom is -0.456 e. The second-order valence-corrected chi connectivity index (χ2v) is 6.53. The van der Waals surface area contributed by atoms with E-state index in [1.165, 1.54) is 11.3 Å². The van der Waals surface area contributed by atoms with Crippen molar-refractivity contribution in [3.05, 3.63) is 58.3 Å². The van der Waals surface area contributed by atoms with Crippen LogP contribution in [-0.4, -0.2) is 37.0 Å². The van der Waals surface area contributed by atoms with E-state index in [2.05, 4.69) is 16.0 Å². The molecule has 0 atom stereocenters. The number of rotatable bonds is 9. The predicted molar refractivity (Wildman–Crippen MR) is 104 cm³/mol. The van der Waals surface area contributed by atoms with E-state index >= 15 is 0 Å². The van der Waals surface area contributed by atoms with Crippen LogP contribution in [0.15, 0.2) is 47.2 Å². The van der Waals surface area contributed by atoms with Crippen molar-refractivity contribution in [1.29, 1.82) is 0 Å². The fourth-order valence-corrected chi connectivity index (χ4v) is 2.77. The Morgan fingerprint density at radius 1 is 1.00 bits per heavy atom. The summed E-state index contributed by atoms with van der Waals surface area (Å²) < 4.78 is 4.80. The molecule has 0 saturated heterocycles. The SMILES string of the molecule is O=C(COC(=O)CCCNC(=O)c1ccsc1)NC(=O)NCc1ccccc1. The molecule has 0 aliphatic rings. The molecule has 0 aliphatic heterocycles. The number of hydrogen-bond donors (Lipinski definition) is 3. The predicted octanol–water partition coefficient (Wildman–Crippen LogP) is 1.83. The van der Waals surface area contributed by atoms with Gasteiger partial charge in [0.1, 0.15) is 0 Å². The highest BCUT2D eigenvalue weighted by atomic mass is 32.1. The number of carbonyl (C=O) groups excluding carboxylic acids is 4. The summed E-state index contributed by atoms with van der Waals surface area (Å²) in [5.74, 6) is -1.50. The van der Waals surface area contributed by atoms with Gasteiger partial charge in [-0.15, -0.1) is 0 Å². The Kier molecular flexibility index (Phi) is 8.67. The third-order valence-electron chi connectivity index (χ3n) is 3.54. The van der Waals surface area contributed by atoms with Crippen molar-refractivity contribution in [3.63, 3.8) is 0 Å². The molecule has 28 heavy (non-hydrogen) atoms. The van der Waals surface area contributed by atoms with Crippen LogP contribution in [0.25, 0.3) is 0 Å². The third-order valence-corrected chi connectivity index (χ3v) is 4.22. The fourth-order valence-electron chi connectivity index (χ4n) is 2.13. The van der Waals surface area contributed by atoms with Gasteiger partial charge in [0.05, 0.1) is 0 Å². The molecule has 9 heteroatoms. The van der Waals surface area contributed by atoms with Crippen LogP contribution in [0.4, 0.5) is 4.79 Å². The first kappa shape index (κ1) is 21.1. The van der Waals surface area contributed by atoms with Crippen LogP contribution in [0.5, 0.6) is 0 Å². The Bertz CT molecular complexity index is 793. The van der Waals surface area contributed by atoms with E-state index in [0.29, 0.717) is 18.5 Å². The summed E-state index contributed by atoms with van der Waals surface area (Å²) in [6.45, 7) is 0.0492. The molecule has 4 amide bonds. The summed E-state index contributed by atoms with van der Waals surface area (Å²) in [7, 11) is 0. The molecule has 2 rings (SSSR count). The zero-order chi connectivity index (χ0) is 20.2. The first-order chi connectivity index (χ1) is 13.5. The normalized spacial score (nSPS) is 10.0. The van der Waals surface area contributed by atoms with Crippen molar-refractivity contribution in [2.75, 3.05) is 13.2 Å². The first-order valence-electron chi connectivity index (χ1n) is 8.62. The average Bonchev–Trinajstić information content (AvgIpc) is 3.24. The number of imide groups is 1. The lowest BCUT2D eigenvalue weighted by molar-refractivity contribution is -0.148. The molecule has 2 aromatic rings. The molecule has 0 saturated carbocycles. The number of hydrogen-bond acceptors (Lipinski definition) is 6. The van der Waals surface area contributed by atoms with Gasteiger partial charge in [-0.2, -0.15) is 11.3 Å². The quantitative estimate of drug-likeness (QED) is 0.437. The number of nitrogens with one attached hydrogen (secondary N) is 3. The van der Waals surface area contributed by atoms with Crippen LogP contribution in [0.1, 0.15) is 28.8 Å². The van der Waals surface area contributed by atoms with Crippen LogP contribution in [0, 0.1) is 0 Å². The van der Waals surface area contributed by atoms with Crippen molar-refractivity contribution < 1.29 is 23.9 Å². The lowest BCUT2D eigenvalue weighted by atomic mass is 10.2. The van der Waals surface area contributed by atoms with Crippen molar-refractivity contribution in [2.24, 2.45) is 0 Å². The Labute approximate surface area is 166 Å². The standard InChI is InChI=1S/C19H21N3O5S/c23-16(22-19(26)21-11-14-5-2-1-3-6-14)12-27-17(24)7-4-9-20-18(25)15-8-10-28-13-15/h1-3,5-6,8,10,13H,4,7,9,11-12H2,(H,20,25)(H2,21,22,23,26). The molecule has 0 radical (unpaired) electrons. The number of thiophene rings is 1. The van der Waals surface area contributed by atoms with Crippen molar-refractivity contribution >= 4 is 35.2 Å². The molecular formula is C19H21N3O5S. The number of esters is 1. The second kappa shape index (κ2) is 11.5. The van der Waals surface area contributed by atoms with E-state index < -0.39 is 24.5 Å². The van der Waals surface area contributed by atoms with E-state index in [0.717, 1.165) is 5.56 Å². The Morgan fingerprint density at radius 3 is 2.50 bits per heavy atom. The molecule has 8 nitrogen and oxygen atoms in total. The highest BCUT2D eigenvalue weighted by molar-refractivity contribution is 7.08. The van der Waals surface area contributed by atoms with Gasteiger partial charge in [-0.25, -0.2) is 4.79 Å². The van der Waals surface area contributed by atoms with Gasteiger partial charge in [0.15, 0.2) is 6.61 Å². The van der Waals surface area contributed by atoms with Crippen molar-refractivity contribution in [1.82, 2.24) is 16.0 Å². The Balaban J connectivity index is 1.53. The van der Waals surface area contributed by atoms with Gasteiger partial charge in [-0.1, -0.05) is 30.3 Å². The summed E-state index contributed by atoms with van der Waals surface area (Å²) in [5.41, 5.74) is 1.47. The summed E-state index contributed by atoms with van der Waals surface area (Å²) in [4.78, 5) is 46.5. The average molecular weight is 403 g/mol. The summed E-state index contributed by atoms with van der Waals surface area (Å²) in [6.07, 6.45) is 0.436. The Hall–Kier alpha value is -3.20. The first-order valence-corrected chi connectivity index (χ1v) is 9.56. The molecule has 1 aromatic carbocycles. The number of ether oxygens (including phenoxy) is 1. The van der Waals surface area contributed by atoms with E-state index in [1.54, 1.807) is 16.8 Å². The zero-order valence-electron chi connectivity index (χ0n) is 15.1. The van der Waals surface area contributed by atoms with Crippen molar-refractivity contribution in [2.45, 2.75) is 19.4 Å². The summed E-state index contributed by atoms with van der Waals surface area (Å²) >= 11 is 1.43. The van der Waals surface area contributed by atoms with Crippen LogP contribution in [-0.2, 0) is 20.9 Å². The van der Waals surface area contributed by atoms with Gasteiger partial charge < -0.3 is 15.4 Å². The number of amides is 4. The summed E-state index contributed by atoms with van der Waals surface area (Å²) in [5, 5.41) is 10.8. The molecule has 0 fully saturated rings. The summed E-state index contributed by atoms with van der Waals surface area (Å²) in [6, 6.07) is 10.3. The lowest BCUT2D eigenvalue weighted by Gasteiger charge is -2.08. The van der Waals surface area contributed by atoms with Crippen molar-refractivity contribution in [3.8, 4) is 0 Å². The molecule has 0 aliphatic carbocycles. The molecule has 0 unspecified atom stereocenters. The van der Waals surface area contributed by atoms with Crippen LogP contribution >= 0.6 is 11.3 Å². The minimum absolute atomic E-state index is 0.0530. The van der Waals surface area contributed by atoms with Gasteiger partial charge in [-0.05, 0) is 23.4 Å². The number of benzene rings is 1. The van der Waals surface area contributed by atoms with Crippen LogP contribution in [0.3, 0.4) is 0 Å². The molecular weight excluding hydrogens is 382 g/mol. The van der Waals surface area contributed by atoms with Gasteiger partial charge in [0, 0.05) is 30.5 Å². The van der Waals surface area contributed by atoms with Gasteiger partial charge in [0.25, 0.3) is 11.8 Å². The fraction of sp³-hybridized carbons (Fsp3) is 0.263. The molecule has 1 aromatic heterocycles. The van der Waals surface area contributed by atoms with Crippen LogP contribution in [0.2, 0.25) is 0 Å². The molecule has 1 heterocycles. The second-order valence-electron chi connectivity index (χ2n) is 5.75. The maximum atomic E-state index is 11.7. The molecule has 0 spiro atoms. The largest absolute Gasteiger partial charge is 0.456 e. The molecule has 0 bridgehead atoms. The smallest absolute Gasteiger partial charge is 0.321 e. The van der Waals surface area contributed by atoms with Gasteiger partial charge in [-0.3, -0.25) is 19.7 Å². The monoisotopic (exact) mass is 403 g/mol. The maximum Gasteiger partial charge on any atom is 0.321 e. The number of carbonyl (C=O) groups is 4. The van der Waals surface area contributed by atoms with Gasteiger partial charge >= 0.3 is 12.0 Å². The maximum absolute atomic E-state index is 11.7. The van der Waals surface area contributed by atoms with E-state index in [4.69, 9.17) is 4.74 Å². The zero-order valence-corrected chi connectivity index (χ0v) is 15.9. The number of urea groups is 1. The third kappa shape index (κ3) is 8.00.